The Hall–Kier alpha value is 1.54. The normalized spacial score (nSPS) is 9.58. The summed E-state index contributed by atoms with van der Waals surface area (Å²) in [6, 6.07) is 0. The maximum atomic E-state index is 9.28. The summed E-state index contributed by atoms with van der Waals surface area (Å²) in [4.78, 5) is 18.6. The summed E-state index contributed by atoms with van der Waals surface area (Å²) >= 11 is 0. The third-order valence-corrected chi connectivity index (χ3v) is 3.47. The molecule has 0 aromatic heterocycles. The molecular weight excluding hydrogens is 321 g/mol. The van der Waals surface area contributed by atoms with Crippen molar-refractivity contribution < 1.29 is 97.8 Å². The Kier molecular flexibility index (Phi) is 34.3. The molecule has 0 fully saturated rings. The third-order valence-electron chi connectivity index (χ3n) is 3.47. The zero-order valence-corrected chi connectivity index (χ0v) is 21.3. The van der Waals surface area contributed by atoms with Gasteiger partial charge in [0.1, 0.15) is 0 Å². The quantitative estimate of drug-likeness (QED) is 0.179. The third kappa shape index (κ3) is 31.3. The Bertz CT molecular complexity index is 283. The molecule has 0 aromatic carbocycles. The molecule has 0 aliphatic heterocycles. The van der Waals surface area contributed by atoms with E-state index in [0.717, 1.165) is 0 Å². The van der Waals surface area contributed by atoms with Crippen molar-refractivity contribution in [3.63, 3.8) is 0 Å². The van der Waals surface area contributed by atoms with E-state index in [4.69, 9.17) is 0 Å². The summed E-state index contributed by atoms with van der Waals surface area (Å²) in [5, 5.41) is 18.6. The SMILES string of the molecule is CCCCCCCC[C-](C)C(C)(C)C.O=C([O-])CC(=O)[O-].[Li+].[Na+].[Na+]. The van der Waals surface area contributed by atoms with Gasteiger partial charge < -0.3 is 25.7 Å². The van der Waals surface area contributed by atoms with Crippen LogP contribution in [0.5, 0.6) is 0 Å². The Morgan fingerprint density at radius 3 is 1.54 bits per heavy atom. The number of carboxylic acid groups (broad SMARTS) is 2. The molecule has 7 heteroatoms. The molecule has 0 N–H and O–H groups in total. The monoisotopic (exact) mass is 352 g/mol. The first-order chi connectivity index (χ1) is 9.61. The molecule has 0 unspecified atom stereocenters. The van der Waals surface area contributed by atoms with Gasteiger partial charge in [-0.05, 0) is 0 Å². The van der Waals surface area contributed by atoms with E-state index in [1.165, 1.54) is 44.9 Å². The smallest absolute Gasteiger partial charge is 0.550 e. The Morgan fingerprint density at radius 1 is 0.875 bits per heavy atom. The first kappa shape index (κ1) is 36.5. The van der Waals surface area contributed by atoms with Crippen molar-refractivity contribution in [2.75, 3.05) is 0 Å². The van der Waals surface area contributed by atoms with E-state index in [-0.39, 0.29) is 78.0 Å². The summed E-state index contributed by atoms with van der Waals surface area (Å²) < 4.78 is 0. The number of unbranched alkanes of at least 4 members (excludes halogenated alkanes) is 5. The molecule has 4 nitrogen and oxygen atoms in total. The van der Waals surface area contributed by atoms with Crippen LogP contribution in [0, 0.1) is 11.3 Å². The molecule has 0 bridgehead atoms. The second-order valence-corrected chi connectivity index (χ2v) is 6.47. The fourth-order valence-electron chi connectivity index (χ4n) is 1.66. The maximum absolute atomic E-state index is 9.28. The van der Waals surface area contributed by atoms with Crippen molar-refractivity contribution in [3.05, 3.63) is 5.92 Å². The maximum Gasteiger partial charge on any atom is 1.00 e. The number of aliphatic carboxylic acids is 2. The first-order valence-corrected chi connectivity index (χ1v) is 7.83. The van der Waals surface area contributed by atoms with Gasteiger partial charge in [-0.2, -0.15) is 18.8 Å². The van der Waals surface area contributed by atoms with Crippen molar-refractivity contribution in [1.82, 2.24) is 0 Å². The second-order valence-electron chi connectivity index (χ2n) is 6.47. The summed E-state index contributed by atoms with van der Waals surface area (Å²) in [5.41, 5.74) is 0.420. The molecule has 0 heterocycles. The Morgan fingerprint density at radius 2 is 1.25 bits per heavy atom. The van der Waals surface area contributed by atoms with Crippen LogP contribution in [-0.2, 0) is 9.59 Å². The molecule has 0 aliphatic carbocycles. The van der Waals surface area contributed by atoms with Gasteiger partial charge in [-0.3, -0.25) is 0 Å². The van der Waals surface area contributed by atoms with Crippen molar-refractivity contribution in [3.8, 4) is 0 Å². The van der Waals surface area contributed by atoms with Crippen molar-refractivity contribution >= 4 is 11.9 Å². The van der Waals surface area contributed by atoms with E-state index in [1.807, 2.05) is 0 Å². The zero-order valence-electron chi connectivity index (χ0n) is 17.3. The molecule has 0 rings (SSSR count). The number of rotatable bonds is 9. The van der Waals surface area contributed by atoms with E-state index in [9.17, 15) is 19.8 Å². The number of carbonyl (C=O) groups is 2. The van der Waals surface area contributed by atoms with Crippen LogP contribution in [0.15, 0.2) is 0 Å². The average molecular weight is 352 g/mol. The van der Waals surface area contributed by atoms with Gasteiger partial charge in [-0.1, -0.05) is 66.2 Å². The predicted molar refractivity (Wildman–Crippen MR) is 81.0 cm³/mol. The van der Waals surface area contributed by atoms with Crippen LogP contribution in [0.3, 0.4) is 0 Å². The largest absolute Gasteiger partial charge is 1.00 e. The van der Waals surface area contributed by atoms with Gasteiger partial charge >= 0.3 is 78.0 Å². The second kappa shape index (κ2) is 22.6. The van der Waals surface area contributed by atoms with Crippen LogP contribution in [0.1, 0.15) is 86.0 Å². The fraction of sp³-hybridized carbons (Fsp3) is 0.824. The molecule has 0 atom stereocenters. The molecular formula is C17H31LiNa2O4. The molecule has 126 valence electrons. The number of hydrogen-bond donors (Lipinski definition) is 0. The molecule has 24 heavy (non-hydrogen) atoms. The summed E-state index contributed by atoms with van der Waals surface area (Å²) in [6.45, 7) is 11.5. The van der Waals surface area contributed by atoms with Crippen LogP contribution in [0.2, 0.25) is 0 Å². The van der Waals surface area contributed by atoms with Gasteiger partial charge in [0.25, 0.3) is 0 Å². The van der Waals surface area contributed by atoms with Crippen LogP contribution in [0.25, 0.3) is 0 Å². The van der Waals surface area contributed by atoms with E-state index in [0.29, 0.717) is 5.41 Å². The van der Waals surface area contributed by atoms with Gasteiger partial charge in [0, 0.05) is 18.4 Å². The zero-order chi connectivity index (χ0) is 16.9. The first-order valence-electron chi connectivity index (χ1n) is 7.83. The Labute approximate surface area is 205 Å². The van der Waals surface area contributed by atoms with E-state index < -0.39 is 18.4 Å². The van der Waals surface area contributed by atoms with Crippen molar-refractivity contribution in [2.45, 2.75) is 86.0 Å². The summed E-state index contributed by atoms with van der Waals surface area (Å²) in [6.07, 6.45) is 8.77. The summed E-state index contributed by atoms with van der Waals surface area (Å²) in [7, 11) is 0. The van der Waals surface area contributed by atoms with E-state index >= 15 is 0 Å². The number of hydrogen-bond acceptors (Lipinski definition) is 4. The van der Waals surface area contributed by atoms with Gasteiger partial charge in [0.05, 0.1) is 0 Å². The van der Waals surface area contributed by atoms with Crippen LogP contribution >= 0.6 is 0 Å². The molecule has 0 aliphatic rings. The fourth-order valence-corrected chi connectivity index (χ4v) is 1.66. The van der Waals surface area contributed by atoms with Gasteiger partial charge in [-0.15, -0.1) is 0 Å². The van der Waals surface area contributed by atoms with Crippen LogP contribution in [0.4, 0.5) is 0 Å². The molecule has 0 spiro atoms. The van der Waals surface area contributed by atoms with E-state index in [1.54, 1.807) is 5.92 Å². The van der Waals surface area contributed by atoms with E-state index in [2.05, 4.69) is 34.6 Å². The summed E-state index contributed by atoms with van der Waals surface area (Å²) in [5.74, 6) is -1.59. The van der Waals surface area contributed by atoms with Gasteiger partial charge in [0.15, 0.2) is 0 Å². The predicted octanol–water partition coefficient (Wildman–Crippen LogP) is -6.73. The molecule has 0 aromatic rings. The number of carboxylic acids is 2. The Balaban J connectivity index is -0.000000105. The van der Waals surface area contributed by atoms with Crippen molar-refractivity contribution in [2.24, 2.45) is 5.41 Å². The van der Waals surface area contributed by atoms with Gasteiger partial charge in [-0.25, -0.2) is 0 Å². The minimum absolute atomic E-state index is 0. The minimum atomic E-state index is -1.63. The molecule has 0 amide bonds. The standard InChI is InChI=1S/C14H29.C3H4O4.Li.2Na/c1-6-7-8-9-10-11-12-13(2)14(3,4)5;4-2(5)1-3(6)7;;;/h6-12H2,1-5H3;1H2,(H,4,5)(H,6,7);;;/q-1;;3*+1/p-2. The molecule has 0 saturated heterocycles. The van der Waals surface area contributed by atoms with Crippen LogP contribution in [-0.4, -0.2) is 11.9 Å². The topological polar surface area (TPSA) is 80.3 Å². The van der Waals surface area contributed by atoms with Gasteiger partial charge in [0.2, 0.25) is 0 Å². The molecule has 0 saturated carbocycles. The average Bonchev–Trinajstić information content (AvgIpc) is 2.31. The minimum Gasteiger partial charge on any atom is -0.550 e. The van der Waals surface area contributed by atoms with Crippen molar-refractivity contribution in [1.29, 1.82) is 0 Å². The van der Waals surface area contributed by atoms with Crippen LogP contribution < -0.4 is 88.2 Å². The number of carbonyl (C=O) groups excluding carboxylic acids is 2. The molecule has 0 radical (unpaired) electrons.